The number of hydrogen-bond acceptors (Lipinski definition) is 5. The molecule has 85 heavy (non-hydrogen) atoms. The van der Waals surface area contributed by atoms with Crippen LogP contribution in [0.3, 0.4) is 0 Å². The first kappa shape index (κ1) is 83.2. The van der Waals surface area contributed by atoms with Gasteiger partial charge in [-0.05, 0) is 77.0 Å². The number of aliphatic hydroxyl groups excluding tert-OH is 1. The van der Waals surface area contributed by atoms with Gasteiger partial charge in [0, 0.05) is 6.42 Å². The Labute approximate surface area is 530 Å². The Morgan fingerprint density at radius 2 is 0.682 bits per heavy atom. The zero-order valence-electron chi connectivity index (χ0n) is 57.4. The Balaban J connectivity index is 4.02. The van der Waals surface area contributed by atoms with Gasteiger partial charge in [0.15, 0.2) is 0 Å². The van der Waals surface area contributed by atoms with Gasteiger partial charge in [-0.2, -0.15) is 0 Å². The SMILES string of the molecule is CCCCCCCCCCCCCCCC/C=C/CC/C=C/CC/C=C/C(O)C(COP(=O)(O)OCC[N+](C)(C)C)NC(=O)CCCCCCCCCCCCCCCCCCC/C=C\C/C=C\CCCCCCCCCCCCCCCCC. The zero-order chi connectivity index (χ0) is 61.9. The van der Waals surface area contributed by atoms with Gasteiger partial charge in [0.05, 0.1) is 39.9 Å². The fourth-order valence-electron chi connectivity index (χ4n) is 11.2. The molecule has 0 aromatic rings. The van der Waals surface area contributed by atoms with Crippen molar-refractivity contribution in [1.82, 2.24) is 5.32 Å². The number of likely N-dealkylation sites (N-methyl/N-ethyl adjacent to an activating group) is 1. The Morgan fingerprint density at radius 3 is 1.01 bits per heavy atom. The lowest BCUT2D eigenvalue weighted by Crippen LogP contribution is -2.45. The third-order valence-electron chi connectivity index (χ3n) is 16.9. The van der Waals surface area contributed by atoms with E-state index in [1.807, 2.05) is 27.2 Å². The predicted molar refractivity (Wildman–Crippen MR) is 374 cm³/mol. The summed E-state index contributed by atoms with van der Waals surface area (Å²) in [4.78, 5) is 23.4. The summed E-state index contributed by atoms with van der Waals surface area (Å²) in [6, 6.07) is -0.873. The molecule has 0 radical (unpaired) electrons. The quantitative estimate of drug-likeness (QED) is 0.0243. The number of hydrogen-bond donors (Lipinski definition) is 3. The number of aliphatic hydroxyl groups is 1. The predicted octanol–water partition coefficient (Wildman–Crippen LogP) is 23.9. The van der Waals surface area contributed by atoms with Crippen molar-refractivity contribution in [3.63, 3.8) is 0 Å². The lowest BCUT2D eigenvalue weighted by atomic mass is 10.0. The van der Waals surface area contributed by atoms with Crippen LogP contribution in [0, 0.1) is 0 Å². The molecule has 0 heterocycles. The van der Waals surface area contributed by atoms with E-state index >= 15 is 0 Å². The minimum atomic E-state index is -4.37. The average Bonchev–Trinajstić information content (AvgIpc) is 3.49. The molecular formula is C76H146N2O6P+. The van der Waals surface area contributed by atoms with Crippen molar-refractivity contribution in [1.29, 1.82) is 0 Å². The van der Waals surface area contributed by atoms with Gasteiger partial charge >= 0.3 is 7.82 Å². The molecule has 0 aromatic carbocycles. The van der Waals surface area contributed by atoms with E-state index in [9.17, 15) is 19.4 Å². The van der Waals surface area contributed by atoms with Gasteiger partial charge in [0.2, 0.25) is 5.91 Å². The van der Waals surface area contributed by atoms with Crippen LogP contribution >= 0.6 is 7.82 Å². The first-order valence-corrected chi connectivity index (χ1v) is 38.7. The number of rotatable bonds is 69. The molecule has 0 aliphatic carbocycles. The Morgan fingerprint density at radius 1 is 0.400 bits per heavy atom. The van der Waals surface area contributed by atoms with Crippen molar-refractivity contribution in [3.05, 3.63) is 60.8 Å². The lowest BCUT2D eigenvalue weighted by Gasteiger charge is -2.25. The number of nitrogens with one attached hydrogen (secondary N) is 1. The molecule has 0 spiro atoms. The summed E-state index contributed by atoms with van der Waals surface area (Å²) in [6.07, 6.45) is 92.6. The van der Waals surface area contributed by atoms with Crippen LogP contribution in [-0.2, 0) is 18.4 Å². The normalized spacial score (nSPS) is 13.9. The van der Waals surface area contributed by atoms with Crippen LogP contribution < -0.4 is 5.32 Å². The van der Waals surface area contributed by atoms with Crippen molar-refractivity contribution in [2.75, 3.05) is 40.9 Å². The van der Waals surface area contributed by atoms with E-state index in [0.29, 0.717) is 17.4 Å². The Hall–Kier alpha value is -1.80. The third kappa shape index (κ3) is 69.5. The number of allylic oxidation sites excluding steroid dienone is 9. The molecule has 8 nitrogen and oxygen atoms in total. The van der Waals surface area contributed by atoms with E-state index in [4.69, 9.17) is 9.05 Å². The minimum Gasteiger partial charge on any atom is -0.387 e. The van der Waals surface area contributed by atoms with Gasteiger partial charge < -0.3 is 19.8 Å². The van der Waals surface area contributed by atoms with Gasteiger partial charge in [-0.25, -0.2) is 4.57 Å². The third-order valence-corrected chi connectivity index (χ3v) is 17.9. The van der Waals surface area contributed by atoms with Crippen molar-refractivity contribution < 1.29 is 32.9 Å². The number of nitrogens with zero attached hydrogens (tertiary/aromatic N) is 1. The van der Waals surface area contributed by atoms with Gasteiger partial charge in [-0.1, -0.05) is 344 Å². The van der Waals surface area contributed by atoms with Crippen LogP contribution in [-0.4, -0.2) is 73.4 Å². The highest BCUT2D eigenvalue weighted by Gasteiger charge is 2.28. The van der Waals surface area contributed by atoms with E-state index in [1.165, 1.54) is 295 Å². The lowest BCUT2D eigenvalue weighted by molar-refractivity contribution is -0.870. The molecule has 3 N–H and O–H groups in total. The minimum absolute atomic E-state index is 0.0532. The van der Waals surface area contributed by atoms with E-state index in [2.05, 4.69) is 67.8 Å². The smallest absolute Gasteiger partial charge is 0.387 e. The van der Waals surface area contributed by atoms with Gasteiger partial charge in [0.1, 0.15) is 13.2 Å². The summed E-state index contributed by atoms with van der Waals surface area (Å²) in [5.41, 5.74) is 0. The molecule has 9 heteroatoms. The highest BCUT2D eigenvalue weighted by atomic mass is 31.2. The summed E-state index contributed by atoms with van der Waals surface area (Å²) < 4.78 is 23.8. The molecule has 0 saturated carbocycles. The van der Waals surface area contributed by atoms with Gasteiger partial charge in [-0.3, -0.25) is 13.8 Å². The topological polar surface area (TPSA) is 105 Å². The van der Waals surface area contributed by atoms with Crippen LogP contribution in [0.15, 0.2) is 60.8 Å². The molecule has 1 amide bonds. The molecule has 500 valence electrons. The highest BCUT2D eigenvalue weighted by Crippen LogP contribution is 2.43. The van der Waals surface area contributed by atoms with Crippen molar-refractivity contribution in [3.8, 4) is 0 Å². The molecule has 0 fully saturated rings. The molecular weight excluding hydrogens is 1070 g/mol. The maximum Gasteiger partial charge on any atom is 0.472 e. The average molecular weight is 1210 g/mol. The second-order valence-corrected chi connectivity index (χ2v) is 28.1. The first-order valence-electron chi connectivity index (χ1n) is 37.2. The summed E-state index contributed by atoms with van der Waals surface area (Å²) in [5, 5.41) is 14.0. The second-order valence-electron chi connectivity index (χ2n) is 26.7. The highest BCUT2D eigenvalue weighted by molar-refractivity contribution is 7.47. The number of quaternary nitrogens is 1. The molecule has 0 saturated heterocycles. The number of phosphoric acid groups is 1. The van der Waals surface area contributed by atoms with E-state index in [1.54, 1.807) is 6.08 Å². The van der Waals surface area contributed by atoms with Crippen LogP contribution in [0.1, 0.15) is 367 Å². The fourth-order valence-corrected chi connectivity index (χ4v) is 11.9. The summed E-state index contributed by atoms with van der Waals surface area (Å²) in [7, 11) is 1.56. The number of phosphoric ester groups is 1. The van der Waals surface area contributed by atoms with Crippen LogP contribution in [0.25, 0.3) is 0 Å². The van der Waals surface area contributed by atoms with Crippen molar-refractivity contribution >= 4 is 13.7 Å². The molecule has 0 rings (SSSR count). The molecule has 3 atom stereocenters. The second kappa shape index (κ2) is 66.6. The summed E-state index contributed by atoms with van der Waals surface area (Å²) in [5.74, 6) is -0.186. The van der Waals surface area contributed by atoms with Gasteiger partial charge in [0.25, 0.3) is 0 Å². The maximum atomic E-state index is 13.1. The van der Waals surface area contributed by atoms with E-state index in [0.717, 1.165) is 51.4 Å². The van der Waals surface area contributed by atoms with Crippen molar-refractivity contribution in [2.24, 2.45) is 0 Å². The van der Waals surface area contributed by atoms with Crippen LogP contribution in [0.5, 0.6) is 0 Å². The van der Waals surface area contributed by atoms with Gasteiger partial charge in [-0.15, -0.1) is 0 Å². The zero-order valence-corrected chi connectivity index (χ0v) is 58.3. The monoisotopic (exact) mass is 1210 g/mol. The summed E-state index contributed by atoms with van der Waals surface area (Å²) >= 11 is 0. The molecule has 0 bridgehead atoms. The molecule has 3 unspecified atom stereocenters. The van der Waals surface area contributed by atoms with Crippen LogP contribution in [0.2, 0.25) is 0 Å². The van der Waals surface area contributed by atoms with Crippen molar-refractivity contribution in [2.45, 2.75) is 379 Å². The number of carbonyl (C=O) groups excluding carboxylic acids is 1. The number of carbonyl (C=O) groups is 1. The largest absolute Gasteiger partial charge is 0.472 e. The van der Waals surface area contributed by atoms with Crippen LogP contribution in [0.4, 0.5) is 0 Å². The molecule has 0 aliphatic rings. The molecule has 0 aromatic heterocycles. The summed E-state index contributed by atoms with van der Waals surface area (Å²) in [6.45, 7) is 4.84. The Kier molecular flexibility index (Phi) is 65.2. The standard InChI is InChI=1S/C76H145N2O6P/c1-6-8-10-12-14-16-18-20-22-24-26-28-30-32-33-34-35-36-37-38-39-40-41-42-43-44-45-46-48-50-52-54-56-58-60-62-64-66-68-70-76(80)77-74(73-84-85(81,82)83-72-71-78(3,4)5)75(79)69-67-65-63-61-59-57-55-53-51-49-47-31-29-27-25-23-21-19-17-15-13-11-9-7-2/h35-36,38-39,51,53,59,61,67,69,74-75,79H,6-34,37,40-50,52,54-58,60,62-66,68,70-73H2,1-5H3,(H-,77,80,81,82)/p+1/b36-35-,39-38-,53-51+,61-59+,69-67+. The maximum absolute atomic E-state index is 13.1. The number of unbranched alkanes of at least 4 members (excludes halogenated alkanes) is 48. The van der Waals surface area contributed by atoms with E-state index < -0.39 is 20.0 Å². The number of amides is 1. The molecule has 0 aliphatic heterocycles. The van der Waals surface area contributed by atoms with E-state index in [-0.39, 0.29) is 19.1 Å². The first-order chi connectivity index (χ1) is 41.5. The fraction of sp³-hybridized carbons (Fsp3) is 0.855. The Bertz CT molecular complexity index is 1570.